The fraction of sp³-hybridized carbons (Fsp3) is 0.400. The van der Waals surface area contributed by atoms with Crippen LogP contribution in [0.4, 0.5) is 5.69 Å². The molecule has 0 saturated carbocycles. The van der Waals surface area contributed by atoms with Crippen molar-refractivity contribution in [1.29, 1.82) is 0 Å². The molecule has 8 nitrogen and oxygen atoms in total. The Labute approximate surface area is 162 Å². The van der Waals surface area contributed by atoms with E-state index in [0.29, 0.717) is 17.4 Å². The third-order valence-corrected chi connectivity index (χ3v) is 6.92. The fourth-order valence-corrected chi connectivity index (χ4v) is 4.27. The van der Waals surface area contributed by atoms with Crippen LogP contribution in [0.1, 0.15) is 13.8 Å². The van der Waals surface area contributed by atoms with Crippen molar-refractivity contribution in [1.82, 2.24) is 19.1 Å². The summed E-state index contributed by atoms with van der Waals surface area (Å²) in [7, 11) is -0.880. The Balaban J connectivity index is 2.16. The average Bonchev–Trinajstić information content (AvgIpc) is 3.03. The quantitative estimate of drug-likeness (QED) is 0.694. The third-order valence-electron chi connectivity index (χ3n) is 3.53. The van der Waals surface area contributed by atoms with Crippen molar-refractivity contribution < 1.29 is 13.2 Å². The predicted molar refractivity (Wildman–Crippen MR) is 102 cm³/mol. The smallest absolute Gasteiger partial charge is 0.244 e. The van der Waals surface area contributed by atoms with Crippen LogP contribution in [0.3, 0.4) is 0 Å². The van der Waals surface area contributed by atoms with Crippen LogP contribution in [0, 0.1) is 0 Å². The number of aromatic nitrogens is 3. The standard InChI is InChI=1S/C15H20ClN5O3S2/c1-5-21-9-17-19-15(21)25-10(2)14(22)18-11-6-7-12(16)13(8-11)26(23,24)20(3)4/h6-10H,5H2,1-4H3,(H,18,22)/t10-/m0/s1. The lowest BCUT2D eigenvalue weighted by atomic mass is 10.3. The Hall–Kier alpha value is -1.62. The summed E-state index contributed by atoms with van der Waals surface area (Å²) in [4.78, 5) is 12.4. The Morgan fingerprint density at radius 3 is 2.73 bits per heavy atom. The number of halogens is 1. The number of nitrogens with one attached hydrogen (secondary N) is 1. The summed E-state index contributed by atoms with van der Waals surface area (Å²) in [6.07, 6.45) is 1.60. The molecular weight excluding hydrogens is 398 g/mol. The Kier molecular flexibility index (Phi) is 6.67. The topological polar surface area (TPSA) is 97.2 Å². The molecule has 0 aliphatic rings. The van der Waals surface area contributed by atoms with Crippen molar-refractivity contribution in [2.45, 2.75) is 35.7 Å². The number of nitrogens with zero attached hydrogens (tertiary/aromatic N) is 4. The first kappa shape index (κ1) is 20.7. The minimum atomic E-state index is -3.71. The summed E-state index contributed by atoms with van der Waals surface area (Å²) in [5.74, 6) is -0.281. The van der Waals surface area contributed by atoms with Gasteiger partial charge in [-0.3, -0.25) is 4.79 Å². The molecule has 2 rings (SSSR count). The van der Waals surface area contributed by atoms with Crippen LogP contribution >= 0.6 is 23.4 Å². The number of anilines is 1. The number of thioether (sulfide) groups is 1. The molecule has 142 valence electrons. The highest BCUT2D eigenvalue weighted by Gasteiger charge is 2.23. The largest absolute Gasteiger partial charge is 0.325 e. The number of hydrogen-bond acceptors (Lipinski definition) is 6. The molecule has 0 saturated heterocycles. The number of hydrogen-bond donors (Lipinski definition) is 1. The maximum Gasteiger partial charge on any atom is 0.244 e. The SMILES string of the molecule is CCn1cnnc1S[C@@H](C)C(=O)Nc1ccc(Cl)c(S(=O)(=O)N(C)C)c1. The Bertz CT molecular complexity index is 898. The molecule has 0 bridgehead atoms. The van der Waals surface area contributed by atoms with Gasteiger partial charge in [-0.1, -0.05) is 23.4 Å². The van der Waals surface area contributed by atoms with E-state index in [0.717, 1.165) is 4.31 Å². The summed E-state index contributed by atoms with van der Waals surface area (Å²) >= 11 is 7.28. The van der Waals surface area contributed by atoms with E-state index in [2.05, 4.69) is 15.5 Å². The molecule has 1 aromatic heterocycles. The van der Waals surface area contributed by atoms with Crippen LogP contribution in [-0.4, -0.2) is 52.7 Å². The van der Waals surface area contributed by atoms with E-state index in [4.69, 9.17) is 11.6 Å². The van der Waals surface area contributed by atoms with Crippen LogP contribution < -0.4 is 5.32 Å². The maximum atomic E-state index is 12.4. The second-order valence-electron chi connectivity index (χ2n) is 5.58. The van der Waals surface area contributed by atoms with Gasteiger partial charge in [0.15, 0.2) is 5.16 Å². The summed E-state index contributed by atoms with van der Waals surface area (Å²) < 4.78 is 27.5. The molecule has 0 spiro atoms. The van der Waals surface area contributed by atoms with Crippen LogP contribution in [0.5, 0.6) is 0 Å². The van der Waals surface area contributed by atoms with Gasteiger partial charge in [-0.15, -0.1) is 10.2 Å². The average molecular weight is 418 g/mol. The van der Waals surface area contributed by atoms with Gasteiger partial charge in [0.25, 0.3) is 0 Å². The zero-order valence-electron chi connectivity index (χ0n) is 14.8. The third kappa shape index (κ3) is 4.56. The molecule has 0 unspecified atom stereocenters. The first-order chi connectivity index (χ1) is 12.2. The molecule has 1 N–H and O–H groups in total. The number of rotatable bonds is 7. The lowest BCUT2D eigenvalue weighted by Gasteiger charge is -2.15. The van der Waals surface area contributed by atoms with E-state index in [1.807, 2.05) is 11.5 Å². The molecular formula is C15H20ClN5O3S2. The van der Waals surface area contributed by atoms with Crippen molar-refractivity contribution in [2.24, 2.45) is 0 Å². The van der Waals surface area contributed by atoms with Gasteiger partial charge in [0.2, 0.25) is 15.9 Å². The highest BCUT2D eigenvalue weighted by atomic mass is 35.5. The summed E-state index contributed by atoms with van der Waals surface area (Å²) in [6.45, 7) is 4.40. The normalized spacial score (nSPS) is 13.0. The number of aryl methyl sites for hydroxylation is 1. The molecule has 1 aromatic carbocycles. The lowest BCUT2D eigenvalue weighted by Crippen LogP contribution is -2.24. The van der Waals surface area contributed by atoms with Crippen molar-refractivity contribution in [3.8, 4) is 0 Å². The van der Waals surface area contributed by atoms with E-state index in [1.165, 1.54) is 38.0 Å². The van der Waals surface area contributed by atoms with E-state index >= 15 is 0 Å². The van der Waals surface area contributed by atoms with E-state index < -0.39 is 15.3 Å². The van der Waals surface area contributed by atoms with Crippen LogP contribution in [0.15, 0.2) is 34.6 Å². The first-order valence-electron chi connectivity index (χ1n) is 7.74. The zero-order valence-corrected chi connectivity index (χ0v) is 17.2. The number of benzene rings is 1. The van der Waals surface area contributed by atoms with Gasteiger partial charge >= 0.3 is 0 Å². The molecule has 0 aliphatic carbocycles. The molecule has 0 radical (unpaired) electrons. The van der Waals surface area contributed by atoms with Crippen LogP contribution in [0.25, 0.3) is 0 Å². The lowest BCUT2D eigenvalue weighted by molar-refractivity contribution is -0.115. The molecule has 2 aromatic rings. The van der Waals surface area contributed by atoms with Crippen LogP contribution in [-0.2, 0) is 21.4 Å². The van der Waals surface area contributed by atoms with Gasteiger partial charge in [0, 0.05) is 26.3 Å². The molecule has 1 heterocycles. The van der Waals surface area contributed by atoms with E-state index in [-0.39, 0.29) is 15.8 Å². The van der Waals surface area contributed by atoms with Crippen molar-refractivity contribution in [2.75, 3.05) is 19.4 Å². The Morgan fingerprint density at radius 2 is 2.12 bits per heavy atom. The van der Waals surface area contributed by atoms with Crippen LogP contribution in [0.2, 0.25) is 5.02 Å². The highest BCUT2D eigenvalue weighted by Crippen LogP contribution is 2.28. The monoisotopic (exact) mass is 417 g/mol. The van der Waals surface area contributed by atoms with Crippen molar-refractivity contribution >= 4 is 45.0 Å². The highest BCUT2D eigenvalue weighted by molar-refractivity contribution is 8.00. The molecule has 0 aliphatic heterocycles. The molecule has 1 atom stereocenters. The van der Waals surface area contributed by atoms with Crippen molar-refractivity contribution in [3.05, 3.63) is 29.5 Å². The molecule has 26 heavy (non-hydrogen) atoms. The predicted octanol–water partition coefficient (Wildman–Crippen LogP) is 2.32. The van der Waals surface area contributed by atoms with Gasteiger partial charge in [-0.2, -0.15) is 0 Å². The number of carbonyl (C=O) groups excluding carboxylic acids is 1. The zero-order chi connectivity index (χ0) is 19.5. The second-order valence-corrected chi connectivity index (χ2v) is 9.42. The summed E-state index contributed by atoms with van der Waals surface area (Å²) in [6, 6.07) is 4.35. The van der Waals surface area contributed by atoms with E-state index in [9.17, 15) is 13.2 Å². The fourth-order valence-electron chi connectivity index (χ4n) is 1.98. The second kappa shape index (κ2) is 8.38. The summed E-state index contributed by atoms with van der Waals surface area (Å²) in [5, 5.41) is 10.8. The van der Waals surface area contributed by atoms with Gasteiger partial charge < -0.3 is 9.88 Å². The number of amides is 1. The van der Waals surface area contributed by atoms with Gasteiger partial charge in [0.05, 0.1) is 10.3 Å². The molecule has 11 heteroatoms. The molecule has 1 amide bonds. The first-order valence-corrected chi connectivity index (χ1v) is 10.4. The van der Waals surface area contributed by atoms with Gasteiger partial charge in [0.1, 0.15) is 11.2 Å². The maximum absolute atomic E-state index is 12.4. The van der Waals surface area contributed by atoms with Gasteiger partial charge in [-0.25, -0.2) is 12.7 Å². The minimum absolute atomic E-state index is 0.0620. The number of carbonyl (C=O) groups is 1. The van der Waals surface area contributed by atoms with Gasteiger partial charge in [-0.05, 0) is 32.0 Å². The minimum Gasteiger partial charge on any atom is -0.325 e. The molecule has 0 fully saturated rings. The van der Waals surface area contributed by atoms with E-state index in [1.54, 1.807) is 19.3 Å². The number of sulfonamides is 1. The summed E-state index contributed by atoms with van der Waals surface area (Å²) in [5.41, 5.74) is 0.351. The Morgan fingerprint density at radius 1 is 1.42 bits per heavy atom. The van der Waals surface area contributed by atoms with Crippen molar-refractivity contribution in [3.63, 3.8) is 0 Å².